The van der Waals surface area contributed by atoms with Crippen molar-refractivity contribution >= 4 is 19.1 Å². The number of carbonyl (C=O) groups is 2. The van der Waals surface area contributed by atoms with Crippen molar-refractivity contribution < 1.29 is 28.4 Å². The molecule has 0 aromatic carbocycles. The number of esters is 2. The fraction of sp³-hybridized carbons (Fsp3) is 0.750. The molecule has 0 atom stereocenters. The minimum atomic E-state index is -0.475. The van der Waals surface area contributed by atoms with Crippen LogP contribution in [0.5, 0.6) is 0 Å². The summed E-state index contributed by atoms with van der Waals surface area (Å²) in [5, 5.41) is 0. The largest absolute Gasteiger partial charge is 0.490 e. The van der Waals surface area contributed by atoms with Gasteiger partial charge in [0, 0.05) is 0 Å². The second-order valence-electron chi connectivity index (χ2n) is 6.85. The molecule has 2 aliphatic rings. The van der Waals surface area contributed by atoms with Gasteiger partial charge < -0.3 is 18.8 Å². The topological polar surface area (TPSA) is 71.1 Å². The van der Waals surface area contributed by atoms with Crippen molar-refractivity contribution in [3.8, 4) is 0 Å². The minimum absolute atomic E-state index is 0.0500. The van der Waals surface area contributed by atoms with Gasteiger partial charge in [0.05, 0.1) is 37.3 Å². The van der Waals surface area contributed by atoms with E-state index in [9.17, 15) is 9.59 Å². The first-order valence-electron chi connectivity index (χ1n) is 8.07. The molecule has 2 rings (SSSR count). The number of hydrogen-bond acceptors (Lipinski definition) is 6. The van der Waals surface area contributed by atoms with E-state index >= 15 is 0 Å². The van der Waals surface area contributed by atoms with E-state index < -0.39 is 24.3 Å². The lowest BCUT2D eigenvalue weighted by atomic mass is 9.75. The van der Waals surface area contributed by atoms with Gasteiger partial charge in [0.15, 0.2) is 0 Å². The molecule has 23 heavy (non-hydrogen) atoms. The smallest absolute Gasteiger partial charge is 0.465 e. The van der Waals surface area contributed by atoms with Crippen LogP contribution in [0.15, 0.2) is 11.5 Å². The molecule has 1 fully saturated rings. The normalized spacial score (nSPS) is 28.0. The average Bonchev–Trinajstić information content (AvgIpc) is 2.66. The predicted octanol–water partition coefficient (Wildman–Crippen LogP) is 2.20. The zero-order chi connectivity index (χ0) is 17.1. The SMILES string of the molecule is CC1(C)OB(/C2=C/CCOC(=O)CCC(=O)OCC2)OC1(C)C. The second kappa shape index (κ2) is 7.05. The van der Waals surface area contributed by atoms with E-state index in [1.165, 1.54) is 0 Å². The first-order chi connectivity index (χ1) is 10.7. The van der Waals surface area contributed by atoms with Crippen LogP contribution < -0.4 is 0 Å². The number of cyclic esters (lactones) is 2. The molecular formula is C16H25BO6. The van der Waals surface area contributed by atoms with Crippen LogP contribution in [0.25, 0.3) is 0 Å². The molecule has 1 saturated heterocycles. The Hall–Kier alpha value is -1.34. The van der Waals surface area contributed by atoms with Crippen molar-refractivity contribution in [2.75, 3.05) is 13.2 Å². The van der Waals surface area contributed by atoms with Crippen LogP contribution in [-0.4, -0.2) is 43.5 Å². The molecule has 0 unspecified atom stereocenters. The molecule has 0 spiro atoms. The molecule has 0 amide bonds. The van der Waals surface area contributed by atoms with E-state index in [0.29, 0.717) is 12.8 Å². The fourth-order valence-electron chi connectivity index (χ4n) is 2.36. The lowest BCUT2D eigenvalue weighted by Crippen LogP contribution is -2.41. The highest BCUT2D eigenvalue weighted by Gasteiger charge is 2.52. The molecule has 0 bridgehead atoms. The lowest BCUT2D eigenvalue weighted by Gasteiger charge is -2.32. The van der Waals surface area contributed by atoms with E-state index in [4.69, 9.17) is 18.8 Å². The van der Waals surface area contributed by atoms with Crippen molar-refractivity contribution in [1.82, 2.24) is 0 Å². The van der Waals surface area contributed by atoms with Crippen LogP contribution in [0.3, 0.4) is 0 Å². The average molecular weight is 324 g/mol. The van der Waals surface area contributed by atoms with Crippen LogP contribution in [0, 0.1) is 0 Å². The summed E-state index contributed by atoms with van der Waals surface area (Å²) in [5.74, 6) is -0.774. The van der Waals surface area contributed by atoms with Gasteiger partial charge in [0.2, 0.25) is 0 Å². The maximum absolute atomic E-state index is 11.6. The van der Waals surface area contributed by atoms with Gasteiger partial charge in [-0.15, -0.1) is 0 Å². The molecule has 0 radical (unpaired) electrons. The van der Waals surface area contributed by atoms with E-state index in [2.05, 4.69) is 0 Å². The van der Waals surface area contributed by atoms with Crippen LogP contribution in [0.4, 0.5) is 0 Å². The van der Waals surface area contributed by atoms with Gasteiger partial charge in [-0.2, -0.15) is 0 Å². The Kier molecular flexibility index (Phi) is 5.52. The van der Waals surface area contributed by atoms with Crippen LogP contribution in [0.2, 0.25) is 0 Å². The molecule has 7 heteroatoms. The summed E-state index contributed by atoms with van der Waals surface area (Å²) in [5.41, 5.74) is 0.0597. The predicted molar refractivity (Wildman–Crippen MR) is 84.6 cm³/mol. The highest BCUT2D eigenvalue weighted by molar-refractivity contribution is 6.54. The van der Waals surface area contributed by atoms with Crippen molar-refractivity contribution in [1.29, 1.82) is 0 Å². The number of ether oxygens (including phenoxy) is 2. The molecule has 2 heterocycles. The molecule has 0 aromatic rings. The number of rotatable bonds is 1. The zero-order valence-electron chi connectivity index (χ0n) is 14.3. The van der Waals surface area contributed by atoms with Crippen LogP contribution in [0.1, 0.15) is 53.4 Å². The van der Waals surface area contributed by atoms with Crippen LogP contribution in [-0.2, 0) is 28.4 Å². The Bertz CT molecular complexity index is 481. The minimum Gasteiger partial charge on any atom is -0.465 e. The lowest BCUT2D eigenvalue weighted by molar-refractivity contribution is -0.150. The molecular weight excluding hydrogens is 299 g/mol. The summed E-state index contributed by atoms with van der Waals surface area (Å²) in [4.78, 5) is 23.0. The summed E-state index contributed by atoms with van der Waals surface area (Å²) in [6.45, 7) is 8.51. The molecule has 6 nitrogen and oxygen atoms in total. The Morgan fingerprint density at radius 1 is 0.870 bits per heavy atom. The first-order valence-corrected chi connectivity index (χ1v) is 8.07. The van der Waals surface area contributed by atoms with E-state index in [1.54, 1.807) is 0 Å². The maximum Gasteiger partial charge on any atom is 0.490 e. The number of carbonyl (C=O) groups excluding carboxylic acids is 2. The Labute approximate surface area is 137 Å². The van der Waals surface area contributed by atoms with Gasteiger partial charge in [-0.3, -0.25) is 9.59 Å². The molecule has 0 aromatic heterocycles. The first kappa shape index (κ1) is 18.0. The third-order valence-electron chi connectivity index (χ3n) is 4.53. The van der Waals surface area contributed by atoms with Crippen molar-refractivity contribution in [2.24, 2.45) is 0 Å². The van der Waals surface area contributed by atoms with E-state index in [-0.39, 0.29) is 32.0 Å². The summed E-state index contributed by atoms with van der Waals surface area (Å²) in [6, 6.07) is 0. The van der Waals surface area contributed by atoms with Gasteiger partial charge in [0.25, 0.3) is 0 Å². The fourth-order valence-corrected chi connectivity index (χ4v) is 2.36. The third kappa shape index (κ3) is 4.58. The maximum atomic E-state index is 11.6. The molecule has 0 N–H and O–H groups in total. The van der Waals surface area contributed by atoms with Crippen molar-refractivity contribution in [2.45, 2.75) is 64.6 Å². The standard InChI is InChI=1S/C16H25BO6/c1-15(2)16(3,4)23-17(22-15)12-6-5-10-20-13(18)7-8-14(19)21-11-9-12/h6H,5,7-11H2,1-4H3/b12-6+. The Balaban J connectivity index is 2.07. The van der Waals surface area contributed by atoms with Gasteiger partial charge in [-0.1, -0.05) is 6.08 Å². The highest BCUT2D eigenvalue weighted by Crippen LogP contribution is 2.39. The molecule has 2 aliphatic heterocycles. The van der Waals surface area contributed by atoms with Crippen LogP contribution >= 0.6 is 0 Å². The summed E-state index contributed by atoms with van der Waals surface area (Å²) >= 11 is 0. The van der Waals surface area contributed by atoms with Gasteiger partial charge in [0.1, 0.15) is 0 Å². The van der Waals surface area contributed by atoms with Crippen molar-refractivity contribution in [3.05, 3.63) is 11.5 Å². The van der Waals surface area contributed by atoms with Crippen molar-refractivity contribution in [3.63, 3.8) is 0 Å². The highest BCUT2D eigenvalue weighted by atomic mass is 16.7. The zero-order valence-corrected chi connectivity index (χ0v) is 14.3. The molecule has 0 aliphatic carbocycles. The van der Waals surface area contributed by atoms with E-state index in [0.717, 1.165) is 5.47 Å². The van der Waals surface area contributed by atoms with Gasteiger partial charge in [-0.25, -0.2) is 0 Å². The summed E-state index contributed by atoms with van der Waals surface area (Å²) in [6.07, 6.45) is 3.18. The Morgan fingerprint density at radius 2 is 1.39 bits per heavy atom. The van der Waals surface area contributed by atoms with E-state index in [1.807, 2.05) is 33.8 Å². The third-order valence-corrected chi connectivity index (χ3v) is 4.53. The Morgan fingerprint density at radius 3 is 1.96 bits per heavy atom. The monoisotopic (exact) mass is 324 g/mol. The quantitative estimate of drug-likeness (QED) is 0.544. The summed E-state index contributed by atoms with van der Waals surface area (Å²) in [7, 11) is -0.475. The molecule has 128 valence electrons. The second-order valence-corrected chi connectivity index (χ2v) is 6.85. The number of hydrogen-bond donors (Lipinski definition) is 0. The van der Waals surface area contributed by atoms with Gasteiger partial charge >= 0.3 is 19.1 Å². The molecule has 0 saturated carbocycles. The van der Waals surface area contributed by atoms with Gasteiger partial charge in [-0.05, 0) is 46.0 Å². The summed E-state index contributed by atoms with van der Waals surface area (Å²) < 4.78 is 22.3.